The van der Waals surface area contributed by atoms with Crippen LogP contribution in [0.3, 0.4) is 0 Å². The van der Waals surface area contributed by atoms with Gasteiger partial charge in [0.25, 0.3) is 0 Å². The molecule has 2 aliphatic carbocycles. The van der Waals surface area contributed by atoms with Gasteiger partial charge in [-0.3, -0.25) is 19.2 Å². The first kappa shape index (κ1) is 36.5. The van der Waals surface area contributed by atoms with Crippen molar-refractivity contribution in [3.05, 3.63) is 59.7 Å². The van der Waals surface area contributed by atoms with Crippen molar-refractivity contribution in [1.82, 2.24) is 0 Å². The maximum absolute atomic E-state index is 13.4. The molecule has 1 N–H and O–H groups in total. The second kappa shape index (κ2) is 14.6. The number of rotatable bonds is 6. The van der Waals surface area contributed by atoms with E-state index in [1.54, 1.807) is 76.3 Å². The number of hydrogen-bond acceptors (Lipinski definition) is 11. The molecule has 1 aromatic rings. The second-order valence-corrected chi connectivity index (χ2v) is 13.0. The second-order valence-electron chi connectivity index (χ2n) is 13.0. The fourth-order valence-electron chi connectivity index (χ4n) is 6.65. The average Bonchev–Trinajstić information content (AvgIpc) is 3.21. The number of carbonyl (C=O) groups is 5. The van der Waals surface area contributed by atoms with Gasteiger partial charge >= 0.3 is 29.8 Å². The first-order valence-corrected chi connectivity index (χ1v) is 15.4. The smallest absolute Gasteiger partial charge is 0.338 e. The van der Waals surface area contributed by atoms with Gasteiger partial charge in [-0.05, 0) is 37.0 Å². The lowest BCUT2D eigenvalue weighted by atomic mass is 9.74. The Morgan fingerprint density at radius 1 is 0.804 bits per heavy atom. The quantitative estimate of drug-likeness (QED) is 0.265. The van der Waals surface area contributed by atoms with Gasteiger partial charge < -0.3 is 28.8 Å². The van der Waals surface area contributed by atoms with E-state index in [2.05, 4.69) is 0 Å². The van der Waals surface area contributed by atoms with Crippen molar-refractivity contribution >= 4 is 29.8 Å². The standard InChI is InChI=1S/C35H46O11/c1-19-15-16-34(8,9)32(44-24(6)38)30(43-23(5)37)29(42-22(4)36)20(2)17-27-28(45-33(41)26-13-11-10-12-14-26)21(3)18-35(27,31(19)40)46-25(7)39/h10-17,19,21,27-32,40H,18H2,1-9H3/b16-15+,20-17+/t19-,21-,27-,28-,29-,30-,31-,32+,35+/m0/s1. The molecule has 11 nitrogen and oxygen atoms in total. The van der Waals surface area contributed by atoms with Gasteiger partial charge in [0, 0.05) is 39.0 Å². The highest BCUT2D eigenvalue weighted by molar-refractivity contribution is 5.89. The van der Waals surface area contributed by atoms with E-state index in [4.69, 9.17) is 23.7 Å². The molecule has 0 aliphatic heterocycles. The van der Waals surface area contributed by atoms with E-state index in [1.807, 2.05) is 6.92 Å². The van der Waals surface area contributed by atoms with Gasteiger partial charge in [-0.2, -0.15) is 0 Å². The summed E-state index contributed by atoms with van der Waals surface area (Å²) in [6.45, 7) is 13.6. The number of esters is 5. The van der Waals surface area contributed by atoms with Crippen LogP contribution in [-0.4, -0.2) is 71.1 Å². The molecule has 252 valence electrons. The number of benzene rings is 1. The van der Waals surface area contributed by atoms with Gasteiger partial charge in [0.05, 0.1) is 11.5 Å². The summed E-state index contributed by atoms with van der Waals surface area (Å²) in [6, 6.07) is 8.40. The van der Waals surface area contributed by atoms with Gasteiger partial charge in [0.1, 0.15) is 17.8 Å². The summed E-state index contributed by atoms with van der Waals surface area (Å²) in [6.07, 6.45) is -0.730. The highest BCUT2D eigenvalue weighted by Gasteiger charge is 2.60. The number of hydrogen-bond donors (Lipinski definition) is 1. The largest absolute Gasteiger partial charge is 0.458 e. The van der Waals surface area contributed by atoms with E-state index >= 15 is 0 Å². The molecule has 1 fully saturated rings. The van der Waals surface area contributed by atoms with E-state index in [-0.39, 0.29) is 6.42 Å². The highest BCUT2D eigenvalue weighted by Crippen LogP contribution is 2.50. The monoisotopic (exact) mass is 642 g/mol. The number of aliphatic hydroxyl groups is 1. The van der Waals surface area contributed by atoms with Crippen molar-refractivity contribution in [2.45, 2.75) is 105 Å². The number of fused-ring (bicyclic) bond motifs is 1. The van der Waals surface area contributed by atoms with Crippen molar-refractivity contribution in [3.8, 4) is 0 Å². The molecule has 0 unspecified atom stereocenters. The van der Waals surface area contributed by atoms with Crippen LogP contribution in [0.25, 0.3) is 0 Å². The van der Waals surface area contributed by atoms with E-state index in [0.717, 1.165) is 0 Å². The molecule has 2 aliphatic rings. The zero-order valence-electron chi connectivity index (χ0n) is 28.0. The summed E-state index contributed by atoms with van der Waals surface area (Å²) in [5.41, 5.74) is -1.96. The Kier molecular flexibility index (Phi) is 11.6. The van der Waals surface area contributed by atoms with Crippen molar-refractivity contribution in [1.29, 1.82) is 0 Å². The van der Waals surface area contributed by atoms with Gasteiger partial charge in [0.15, 0.2) is 18.3 Å². The predicted molar refractivity (Wildman–Crippen MR) is 166 cm³/mol. The third-order valence-corrected chi connectivity index (χ3v) is 8.64. The predicted octanol–water partition coefficient (Wildman–Crippen LogP) is 4.50. The molecule has 0 heterocycles. The van der Waals surface area contributed by atoms with Crippen molar-refractivity contribution in [3.63, 3.8) is 0 Å². The molecule has 0 spiro atoms. The van der Waals surface area contributed by atoms with Gasteiger partial charge in [0.2, 0.25) is 0 Å². The van der Waals surface area contributed by atoms with Gasteiger partial charge in [-0.1, -0.05) is 64.1 Å². The Labute approximate surface area is 270 Å². The van der Waals surface area contributed by atoms with Crippen LogP contribution < -0.4 is 0 Å². The summed E-state index contributed by atoms with van der Waals surface area (Å²) >= 11 is 0. The van der Waals surface area contributed by atoms with Crippen LogP contribution in [0.2, 0.25) is 0 Å². The summed E-state index contributed by atoms with van der Waals surface area (Å²) in [5.74, 6) is -5.30. The van der Waals surface area contributed by atoms with Gasteiger partial charge in [-0.25, -0.2) is 4.79 Å². The van der Waals surface area contributed by atoms with Crippen molar-refractivity contribution in [2.24, 2.45) is 23.2 Å². The first-order valence-electron chi connectivity index (χ1n) is 15.4. The normalized spacial score (nSPS) is 34.2. The van der Waals surface area contributed by atoms with Crippen LogP contribution >= 0.6 is 0 Å². The molecule has 0 radical (unpaired) electrons. The van der Waals surface area contributed by atoms with E-state index in [1.165, 1.54) is 27.7 Å². The lowest BCUT2D eigenvalue weighted by molar-refractivity contribution is -0.188. The Hall–Kier alpha value is -3.99. The molecule has 0 bridgehead atoms. The number of carbonyl (C=O) groups excluding carboxylic acids is 5. The minimum Gasteiger partial charge on any atom is -0.458 e. The Bertz CT molecular complexity index is 1360. The molecule has 1 aromatic carbocycles. The van der Waals surface area contributed by atoms with Crippen molar-refractivity contribution < 1.29 is 52.8 Å². The lowest BCUT2D eigenvalue weighted by Gasteiger charge is -2.43. The summed E-state index contributed by atoms with van der Waals surface area (Å²) < 4.78 is 29.4. The molecule has 0 amide bonds. The molecule has 3 rings (SSSR count). The molecule has 0 saturated heterocycles. The first-order chi connectivity index (χ1) is 21.4. The summed E-state index contributed by atoms with van der Waals surface area (Å²) in [5, 5.41) is 12.0. The molecular formula is C35H46O11. The maximum Gasteiger partial charge on any atom is 0.338 e. The summed E-state index contributed by atoms with van der Waals surface area (Å²) in [7, 11) is 0. The topological polar surface area (TPSA) is 152 Å². The Balaban J connectivity index is 2.35. The lowest BCUT2D eigenvalue weighted by Crippen LogP contribution is -2.54. The van der Waals surface area contributed by atoms with E-state index in [0.29, 0.717) is 11.1 Å². The molecule has 46 heavy (non-hydrogen) atoms. The zero-order chi connectivity index (χ0) is 34.6. The maximum atomic E-state index is 13.4. The Morgan fingerprint density at radius 3 is 1.93 bits per heavy atom. The summed E-state index contributed by atoms with van der Waals surface area (Å²) in [4.78, 5) is 63.4. The minimum absolute atomic E-state index is 0.137. The highest BCUT2D eigenvalue weighted by atomic mass is 16.6. The third-order valence-electron chi connectivity index (χ3n) is 8.64. The molecule has 9 atom stereocenters. The molecular weight excluding hydrogens is 596 g/mol. The molecule has 0 aromatic heterocycles. The van der Waals surface area contributed by atoms with Crippen LogP contribution in [0.1, 0.15) is 79.1 Å². The SMILES string of the molecule is CC(=O)O[C@@H]1[C@@H](OC(C)=O)C(C)(C)/C=C/[C@H](C)[C@H](O)[C@@]2(OC(C)=O)C[C@H](C)[C@H](OC(=O)c3ccccc3)[C@@H]2/C=C(\C)[C@@H]1OC(C)=O. The van der Waals surface area contributed by atoms with Crippen molar-refractivity contribution in [2.75, 3.05) is 0 Å². The van der Waals surface area contributed by atoms with Gasteiger partial charge in [-0.15, -0.1) is 0 Å². The van der Waals surface area contributed by atoms with Crippen LogP contribution in [0.15, 0.2) is 54.1 Å². The minimum atomic E-state index is -1.58. The number of ether oxygens (including phenoxy) is 5. The Morgan fingerprint density at radius 2 is 1.39 bits per heavy atom. The zero-order valence-corrected chi connectivity index (χ0v) is 28.0. The molecule has 11 heteroatoms. The fourth-order valence-corrected chi connectivity index (χ4v) is 6.65. The van der Waals surface area contributed by atoms with E-state index in [9.17, 15) is 29.1 Å². The van der Waals surface area contributed by atoms with Crippen LogP contribution in [0.5, 0.6) is 0 Å². The third kappa shape index (κ3) is 8.23. The number of aliphatic hydroxyl groups excluding tert-OH is 1. The van der Waals surface area contributed by atoms with Crippen LogP contribution in [0, 0.1) is 23.2 Å². The van der Waals surface area contributed by atoms with E-state index < -0.39 is 89.1 Å². The van der Waals surface area contributed by atoms with Crippen LogP contribution in [-0.2, 0) is 42.9 Å². The molecule has 1 saturated carbocycles. The van der Waals surface area contributed by atoms with Crippen LogP contribution in [0.4, 0.5) is 0 Å². The average molecular weight is 643 g/mol. The fraction of sp³-hybridized carbons (Fsp3) is 0.571.